The zero-order valence-corrected chi connectivity index (χ0v) is 13.1. The van der Waals surface area contributed by atoms with E-state index in [-0.39, 0.29) is 5.91 Å². The molecule has 0 atom stereocenters. The summed E-state index contributed by atoms with van der Waals surface area (Å²) >= 11 is 3.22. The van der Waals surface area contributed by atoms with Gasteiger partial charge in [-0.3, -0.25) is 9.89 Å². The molecule has 0 unspecified atom stereocenters. The Morgan fingerprint density at radius 1 is 1.43 bits per heavy atom. The number of hydrogen-bond acceptors (Lipinski definition) is 5. The van der Waals surface area contributed by atoms with Crippen molar-refractivity contribution >= 4 is 28.6 Å². The molecule has 0 radical (unpaired) electrons. The van der Waals surface area contributed by atoms with Crippen LogP contribution in [0.3, 0.4) is 0 Å². The second-order valence-corrected chi connectivity index (χ2v) is 6.17. The van der Waals surface area contributed by atoms with Crippen molar-refractivity contribution in [1.29, 1.82) is 0 Å². The standard InChI is InChI=1S/C14H14N4OS2/c1-2-13-16-10(8-21-13)6-15-14(19)12-5-11(17-18-12)9-3-4-20-7-9/h3-5,7-8H,2,6H2,1H3,(H,15,19)(H,17,18). The van der Waals surface area contributed by atoms with Crippen LogP contribution in [0.2, 0.25) is 0 Å². The first-order chi connectivity index (χ1) is 10.3. The maximum atomic E-state index is 12.1. The Morgan fingerprint density at radius 3 is 3.05 bits per heavy atom. The van der Waals surface area contributed by atoms with Crippen molar-refractivity contribution in [3.8, 4) is 11.3 Å². The summed E-state index contributed by atoms with van der Waals surface area (Å²) in [4.78, 5) is 16.5. The highest BCUT2D eigenvalue weighted by Gasteiger charge is 2.11. The largest absolute Gasteiger partial charge is 0.345 e. The topological polar surface area (TPSA) is 70.7 Å². The lowest BCUT2D eigenvalue weighted by molar-refractivity contribution is 0.0945. The highest BCUT2D eigenvalue weighted by Crippen LogP contribution is 2.20. The number of rotatable bonds is 5. The summed E-state index contributed by atoms with van der Waals surface area (Å²) in [7, 11) is 0. The number of aromatic nitrogens is 3. The predicted molar refractivity (Wildman–Crippen MR) is 84.6 cm³/mol. The Hall–Kier alpha value is -1.99. The van der Waals surface area contributed by atoms with Gasteiger partial charge in [-0.25, -0.2) is 4.98 Å². The molecule has 0 aromatic carbocycles. The van der Waals surface area contributed by atoms with Crippen molar-refractivity contribution in [2.45, 2.75) is 19.9 Å². The van der Waals surface area contributed by atoms with Crippen molar-refractivity contribution in [2.75, 3.05) is 0 Å². The number of amides is 1. The van der Waals surface area contributed by atoms with Gasteiger partial charge in [0.05, 0.1) is 22.9 Å². The summed E-state index contributed by atoms with van der Waals surface area (Å²) in [5.74, 6) is -0.171. The summed E-state index contributed by atoms with van der Waals surface area (Å²) < 4.78 is 0. The summed E-state index contributed by atoms with van der Waals surface area (Å²) in [6.45, 7) is 2.50. The van der Waals surface area contributed by atoms with E-state index in [2.05, 4.69) is 27.4 Å². The van der Waals surface area contributed by atoms with Crippen LogP contribution in [0.4, 0.5) is 0 Å². The van der Waals surface area contributed by atoms with Crippen LogP contribution >= 0.6 is 22.7 Å². The Labute approximate surface area is 130 Å². The number of nitrogens with zero attached hydrogens (tertiary/aromatic N) is 2. The number of carbonyl (C=O) groups excluding carboxylic acids is 1. The van der Waals surface area contributed by atoms with Crippen LogP contribution in [0.15, 0.2) is 28.3 Å². The molecule has 3 heterocycles. The van der Waals surface area contributed by atoms with Crippen LogP contribution in [-0.4, -0.2) is 21.1 Å². The molecule has 0 bridgehead atoms. The Bertz CT molecular complexity index is 730. The van der Waals surface area contributed by atoms with E-state index in [9.17, 15) is 4.79 Å². The van der Waals surface area contributed by atoms with E-state index in [0.717, 1.165) is 28.4 Å². The summed E-state index contributed by atoms with van der Waals surface area (Å²) in [5.41, 5.74) is 3.15. The van der Waals surface area contributed by atoms with E-state index >= 15 is 0 Å². The molecule has 5 nitrogen and oxygen atoms in total. The number of aromatic amines is 1. The fourth-order valence-corrected chi connectivity index (χ4v) is 3.25. The molecule has 0 spiro atoms. The normalized spacial score (nSPS) is 10.7. The van der Waals surface area contributed by atoms with Gasteiger partial charge in [0.15, 0.2) is 0 Å². The number of H-pyrrole nitrogens is 1. The maximum Gasteiger partial charge on any atom is 0.269 e. The molecular weight excluding hydrogens is 304 g/mol. The SMILES string of the molecule is CCc1nc(CNC(=O)c2cc(-c3ccsc3)n[nH]2)cs1. The van der Waals surface area contributed by atoms with Crippen LogP contribution in [0, 0.1) is 0 Å². The average Bonchev–Trinajstić information content (AvgIpc) is 3.24. The first-order valence-corrected chi connectivity index (χ1v) is 8.38. The highest BCUT2D eigenvalue weighted by atomic mass is 32.1. The van der Waals surface area contributed by atoms with Crippen LogP contribution in [0.5, 0.6) is 0 Å². The molecule has 1 amide bonds. The molecule has 21 heavy (non-hydrogen) atoms. The smallest absolute Gasteiger partial charge is 0.269 e. The molecule has 0 aliphatic carbocycles. The molecule has 3 aromatic rings. The van der Waals surface area contributed by atoms with E-state index in [1.807, 2.05) is 22.2 Å². The molecule has 108 valence electrons. The highest BCUT2D eigenvalue weighted by molar-refractivity contribution is 7.09. The molecule has 0 fully saturated rings. The number of thiophene rings is 1. The number of aryl methyl sites for hydroxylation is 1. The Kier molecular flexibility index (Phi) is 4.12. The van der Waals surface area contributed by atoms with E-state index in [4.69, 9.17) is 0 Å². The summed E-state index contributed by atoms with van der Waals surface area (Å²) in [6.07, 6.45) is 0.920. The lowest BCUT2D eigenvalue weighted by Crippen LogP contribution is -2.23. The molecule has 0 aliphatic heterocycles. The zero-order chi connectivity index (χ0) is 14.7. The van der Waals surface area contributed by atoms with Crippen LogP contribution in [-0.2, 0) is 13.0 Å². The number of nitrogens with one attached hydrogen (secondary N) is 2. The fraction of sp³-hybridized carbons (Fsp3) is 0.214. The first-order valence-electron chi connectivity index (χ1n) is 6.55. The molecule has 0 saturated heterocycles. The second kappa shape index (κ2) is 6.19. The molecule has 0 saturated carbocycles. The number of hydrogen-bond donors (Lipinski definition) is 2. The quantitative estimate of drug-likeness (QED) is 0.759. The summed E-state index contributed by atoms with van der Waals surface area (Å²) in [5, 5.41) is 16.8. The van der Waals surface area contributed by atoms with Gasteiger partial charge in [-0.1, -0.05) is 6.92 Å². The minimum Gasteiger partial charge on any atom is -0.345 e. The van der Waals surface area contributed by atoms with E-state index in [1.54, 1.807) is 28.7 Å². The molecule has 2 N–H and O–H groups in total. The van der Waals surface area contributed by atoms with E-state index in [1.165, 1.54) is 0 Å². The van der Waals surface area contributed by atoms with E-state index < -0.39 is 0 Å². The zero-order valence-electron chi connectivity index (χ0n) is 11.4. The molecule has 7 heteroatoms. The van der Waals surface area contributed by atoms with Gasteiger partial charge in [0.2, 0.25) is 0 Å². The van der Waals surface area contributed by atoms with Gasteiger partial charge in [-0.2, -0.15) is 16.4 Å². The number of carbonyl (C=O) groups is 1. The van der Waals surface area contributed by atoms with Crippen LogP contribution in [0.1, 0.15) is 28.1 Å². The third-order valence-electron chi connectivity index (χ3n) is 2.97. The predicted octanol–water partition coefficient (Wildman–Crippen LogP) is 3.09. The molecule has 0 aliphatic rings. The lowest BCUT2D eigenvalue weighted by Gasteiger charge is -2.00. The van der Waals surface area contributed by atoms with Crippen molar-refractivity contribution in [1.82, 2.24) is 20.5 Å². The van der Waals surface area contributed by atoms with Crippen molar-refractivity contribution in [3.63, 3.8) is 0 Å². The monoisotopic (exact) mass is 318 g/mol. The minimum absolute atomic E-state index is 0.171. The average molecular weight is 318 g/mol. The Morgan fingerprint density at radius 2 is 2.33 bits per heavy atom. The number of thiazole rings is 1. The first kappa shape index (κ1) is 14.0. The minimum atomic E-state index is -0.171. The maximum absolute atomic E-state index is 12.1. The van der Waals surface area contributed by atoms with Gasteiger partial charge >= 0.3 is 0 Å². The van der Waals surface area contributed by atoms with Gasteiger partial charge in [-0.05, 0) is 23.9 Å². The van der Waals surface area contributed by atoms with Crippen LogP contribution in [0.25, 0.3) is 11.3 Å². The van der Waals surface area contributed by atoms with Gasteiger partial charge in [0.1, 0.15) is 5.69 Å². The van der Waals surface area contributed by atoms with Gasteiger partial charge in [0, 0.05) is 16.3 Å². The van der Waals surface area contributed by atoms with Crippen molar-refractivity contribution < 1.29 is 4.79 Å². The van der Waals surface area contributed by atoms with E-state index in [0.29, 0.717) is 12.2 Å². The molecular formula is C14H14N4OS2. The van der Waals surface area contributed by atoms with Gasteiger partial charge in [-0.15, -0.1) is 11.3 Å². The van der Waals surface area contributed by atoms with Crippen molar-refractivity contribution in [2.24, 2.45) is 0 Å². The lowest BCUT2D eigenvalue weighted by atomic mass is 10.2. The van der Waals surface area contributed by atoms with Crippen LogP contribution < -0.4 is 5.32 Å². The summed E-state index contributed by atoms with van der Waals surface area (Å²) in [6, 6.07) is 3.74. The second-order valence-electron chi connectivity index (χ2n) is 4.45. The fourth-order valence-electron chi connectivity index (χ4n) is 1.85. The molecule has 3 aromatic heterocycles. The third-order valence-corrected chi connectivity index (χ3v) is 4.70. The Balaban J connectivity index is 1.63. The molecule has 3 rings (SSSR count). The van der Waals surface area contributed by atoms with Gasteiger partial charge in [0.25, 0.3) is 5.91 Å². The van der Waals surface area contributed by atoms with Crippen molar-refractivity contribution in [3.05, 3.63) is 44.7 Å². The van der Waals surface area contributed by atoms with Gasteiger partial charge < -0.3 is 5.32 Å². The third kappa shape index (κ3) is 3.20.